The quantitative estimate of drug-likeness (QED) is 0.150. The average molecular weight is 612 g/mol. The molecule has 220 valence electrons. The highest BCUT2D eigenvalue weighted by molar-refractivity contribution is 7.90. The number of aliphatic hydroxyl groups excluding tert-OH is 1. The molecule has 2 aliphatic carbocycles. The van der Waals surface area contributed by atoms with Crippen LogP contribution in [0.5, 0.6) is 6.01 Å². The van der Waals surface area contributed by atoms with Gasteiger partial charge in [-0.2, -0.15) is 15.0 Å². The largest absolute Gasteiger partial charge is 0.511 e. The molecule has 18 heteroatoms. The van der Waals surface area contributed by atoms with Crippen molar-refractivity contribution in [3.63, 3.8) is 0 Å². The van der Waals surface area contributed by atoms with Gasteiger partial charge in [0, 0.05) is 18.8 Å². The number of Topliss-reactive ketones (excluding diaryl/α,β-unsaturated/α-hetero) is 2. The fourth-order valence-electron chi connectivity index (χ4n) is 3.56. The van der Waals surface area contributed by atoms with Crippen LogP contribution in [0.1, 0.15) is 41.2 Å². The lowest BCUT2D eigenvalue weighted by molar-refractivity contribution is -0.146. The number of sulfonamides is 1. The Bertz CT molecular complexity index is 1510. The number of hydrogen-bond donors (Lipinski definition) is 4. The maximum Gasteiger partial charge on any atom is 0.349 e. The van der Waals surface area contributed by atoms with Crippen molar-refractivity contribution in [1.29, 1.82) is 0 Å². The summed E-state index contributed by atoms with van der Waals surface area (Å²) in [6.45, 7) is 1.54. The van der Waals surface area contributed by atoms with E-state index in [1.165, 1.54) is 25.5 Å². The van der Waals surface area contributed by atoms with Crippen LogP contribution in [-0.4, -0.2) is 77.3 Å². The zero-order valence-corrected chi connectivity index (χ0v) is 23.5. The number of carboxylic acid groups (broad SMARTS) is 1. The number of carbonyl (C=O) groups excluding carboxylic acids is 4. The van der Waals surface area contributed by atoms with Crippen LogP contribution in [0.4, 0.5) is 10.7 Å². The molecule has 0 spiro atoms. The first kappa shape index (κ1) is 31.1. The number of ketones is 2. The second-order valence-electron chi connectivity index (χ2n) is 8.68. The number of urea groups is 1. The maximum absolute atomic E-state index is 12.3. The topological polar surface area (TPSA) is 241 Å². The van der Waals surface area contributed by atoms with Crippen LogP contribution in [0.15, 0.2) is 27.7 Å². The summed E-state index contributed by atoms with van der Waals surface area (Å²) in [5, 5.41) is 21.9. The van der Waals surface area contributed by atoms with Gasteiger partial charge in [-0.05, 0) is 31.2 Å². The smallest absolute Gasteiger partial charge is 0.349 e. The molecule has 4 rings (SSSR count). The number of esters is 1. The average Bonchev–Trinajstić information content (AvgIpc) is 3.62. The number of thiophene rings is 1. The summed E-state index contributed by atoms with van der Waals surface area (Å²) < 4.78 is 35.6. The van der Waals surface area contributed by atoms with Crippen molar-refractivity contribution in [3.8, 4) is 6.01 Å². The van der Waals surface area contributed by atoms with Crippen molar-refractivity contribution in [2.24, 2.45) is 11.8 Å². The Morgan fingerprint density at radius 2 is 1.66 bits per heavy atom. The highest BCUT2D eigenvalue weighted by Gasteiger charge is 2.39. The number of ether oxygens (including phenoxy) is 2. The van der Waals surface area contributed by atoms with Crippen LogP contribution < -0.4 is 14.8 Å². The lowest BCUT2D eigenvalue weighted by atomic mass is 9.83. The molecule has 0 unspecified atom stereocenters. The highest BCUT2D eigenvalue weighted by Crippen LogP contribution is 2.38. The first-order valence-corrected chi connectivity index (χ1v) is 14.1. The van der Waals surface area contributed by atoms with E-state index in [4.69, 9.17) is 9.84 Å². The van der Waals surface area contributed by atoms with Crippen LogP contribution in [0.3, 0.4) is 0 Å². The molecule has 41 heavy (non-hydrogen) atoms. The van der Waals surface area contributed by atoms with Crippen LogP contribution in [0, 0.1) is 18.8 Å². The molecule has 2 heterocycles. The molecule has 2 fully saturated rings. The molecule has 4 N–H and O–H groups in total. The fourth-order valence-corrected chi connectivity index (χ4v) is 5.80. The molecular formula is C23H25N5O11S2. The fraction of sp³-hybridized carbons (Fsp3) is 0.391. The SMILES string of the molecule is COC(=O)c1sccc1S(=O)(=O)NC(=O)Nc1nc(C)nc(OC)n1.O=C1CC(C(=O)O)CC(=O)C1=C(O)C1CC1. The van der Waals surface area contributed by atoms with E-state index < -0.39 is 45.5 Å². The van der Waals surface area contributed by atoms with Crippen LogP contribution in [-0.2, 0) is 29.1 Å². The summed E-state index contributed by atoms with van der Waals surface area (Å²) in [7, 11) is -1.86. The Balaban J connectivity index is 0.000000248. The summed E-state index contributed by atoms with van der Waals surface area (Å²) in [4.78, 5) is 68.3. The predicted octanol–water partition coefficient (Wildman–Crippen LogP) is 1.39. The van der Waals surface area contributed by atoms with E-state index in [2.05, 4.69) is 25.0 Å². The molecule has 0 atom stereocenters. The first-order chi connectivity index (χ1) is 19.3. The van der Waals surface area contributed by atoms with Gasteiger partial charge >= 0.3 is 24.0 Å². The molecular weight excluding hydrogens is 586 g/mol. The third-order valence-electron chi connectivity index (χ3n) is 5.64. The van der Waals surface area contributed by atoms with Crippen molar-refractivity contribution in [2.45, 2.75) is 37.5 Å². The summed E-state index contributed by atoms with van der Waals surface area (Å²) in [6, 6.07) is 0.0222. The number of rotatable bonds is 7. The highest BCUT2D eigenvalue weighted by atomic mass is 32.2. The van der Waals surface area contributed by atoms with Crippen LogP contribution in [0.2, 0.25) is 0 Å². The van der Waals surface area contributed by atoms with E-state index in [0.717, 1.165) is 31.3 Å². The molecule has 2 aromatic heterocycles. The molecule has 2 amide bonds. The van der Waals surface area contributed by atoms with Crippen molar-refractivity contribution in [2.75, 3.05) is 19.5 Å². The lowest BCUT2D eigenvalue weighted by Gasteiger charge is -2.19. The molecule has 2 saturated carbocycles. The van der Waals surface area contributed by atoms with Gasteiger partial charge in [-0.3, -0.25) is 19.7 Å². The number of anilines is 1. The predicted molar refractivity (Wildman–Crippen MR) is 139 cm³/mol. The Labute approximate surface area is 236 Å². The van der Waals surface area contributed by atoms with E-state index in [1.807, 2.05) is 0 Å². The van der Waals surface area contributed by atoms with Crippen LogP contribution >= 0.6 is 11.3 Å². The van der Waals surface area contributed by atoms with Crippen molar-refractivity contribution >= 4 is 56.8 Å². The van der Waals surface area contributed by atoms with Gasteiger partial charge < -0.3 is 19.7 Å². The number of hydrogen-bond acceptors (Lipinski definition) is 14. The molecule has 16 nitrogen and oxygen atoms in total. The molecule has 0 radical (unpaired) electrons. The monoisotopic (exact) mass is 611 g/mol. The number of carbonyl (C=O) groups is 5. The number of nitrogens with one attached hydrogen (secondary N) is 2. The lowest BCUT2D eigenvalue weighted by Crippen LogP contribution is -2.35. The maximum atomic E-state index is 12.3. The number of allylic oxidation sites excluding steroid dienone is 2. The summed E-state index contributed by atoms with van der Waals surface area (Å²) in [6.07, 6.45) is 1.21. The van der Waals surface area contributed by atoms with E-state index in [9.17, 15) is 37.5 Å². The van der Waals surface area contributed by atoms with E-state index in [-0.39, 0.29) is 57.6 Å². The Morgan fingerprint density at radius 3 is 2.20 bits per heavy atom. The van der Waals surface area contributed by atoms with Crippen molar-refractivity contribution in [1.82, 2.24) is 19.7 Å². The van der Waals surface area contributed by atoms with Gasteiger partial charge in [0.1, 0.15) is 21.4 Å². The number of aromatic nitrogens is 3. The zero-order chi connectivity index (χ0) is 30.5. The van der Waals surface area contributed by atoms with E-state index in [1.54, 1.807) is 4.72 Å². The van der Waals surface area contributed by atoms with Gasteiger partial charge in [-0.1, -0.05) is 0 Å². The molecule has 0 aliphatic heterocycles. The minimum absolute atomic E-state index is 0.0449. The van der Waals surface area contributed by atoms with Gasteiger partial charge in [-0.15, -0.1) is 11.3 Å². The molecule has 0 saturated heterocycles. The zero-order valence-electron chi connectivity index (χ0n) is 21.9. The Kier molecular flexibility index (Phi) is 9.71. The number of amides is 2. The van der Waals surface area contributed by atoms with E-state index in [0.29, 0.717) is 0 Å². The summed E-state index contributed by atoms with van der Waals surface area (Å²) >= 11 is 0.872. The summed E-state index contributed by atoms with van der Waals surface area (Å²) in [5.41, 5.74) is -0.153. The second kappa shape index (κ2) is 12.8. The standard InChI is InChI=1S/C12H13N5O6S2.C11H12O5/c1-6-13-10(16-12(14-6)23-3)15-11(19)17-25(20,21)7-4-5-24-8(7)9(18)22-2;12-7-3-6(11(15)16)4-8(13)9(7)10(14)5-1-2-5/h4-5H,1-3H3,(H2,13,14,15,16,17,19);5-6,14H,1-4H2,(H,15,16). The Morgan fingerprint density at radius 1 is 1.02 bits per heavy atom. The number of nitrogens with zero attached hydrogens (tertiary/aromatic N) is 3. The van der Waals surface area contributed by atoms with Crippen LogP contribution in [0.25, 0.3) is 0 Å². The number of aryl methyl sites for hydroxylation is 1. The third-order valence-corrected chi connectivity index (χ3v) is 8.04. The second-order valence-corrected chi connectivity index (χ2v) is 11.2. The summed E-state index contributed by atoms with van der Waals surface area (Å²) in [5.74, 6) is -4.09. The normalized spacial score (nSPS) is 16.7. The van der Waals surface area contributed by atoms with Crippen molar-refractivity contribution in [3.05, 3.63) is 33.5 Å². The molecule has 0 aromatic carbocycles. The minimum atomic E-state index is -4.30. The molecule has 2 aromatic rings. The molecule has 2 aliphatic rings. The molecule has 0 bridgehead atoms. The van der Waals surface area contributed by atoms with Gasteiger partial charge in [-0.25, -0.2) is 22.7 Å². The van der Waals surface area contributed by atoms with Crippen molar-refractivity contribution < 1.29 is 52.1 Å². The first-order valence-electron chi connectivity index (χ1n) is 11.8. The van der Waals surface area contributed by atoms with Gasteiger partial charge in [0.15, 0.2) is 11.6 Å². The Hall–Kier alpha value is -4.45. The van der Waals surface area contributed by atoms with Gasteiger partial charge in [0.25, 0.3) is 10.0 Å². The number of aliphatic carboxylic acids is 1. The van der Waals surface area contributed by atoms with Gasteiger partial charge in [0.05, 0.1) is 25.7 Å². The van der Waals surface area contributed by atoms with E-state index >= 15 is 0 Å². The van der Waals surface area contributed by atoms with Gasteiger partial charge in [0.2, 0.25) is 5.95 Å². The minimum Gasteiger partial charge on any atom is -0.511 e. The number of aliphatic hydroxyl groups is 1. The third kappa shape index (κ3) is 7.82. The number of carboxylic acids is 1. The number of methoxy groups -OCH3 is 2.